The molecule has 3 N–H and O–H groups in total. The predicted octanol–water partition coefficient (Wildman–Crippen LogP) is 1.30. The van der Waals surface area contributed by atoms with Crippen molar-refractivity contribution in [3.05, 3.63) is 24.3 Å². The number of hydrogen-bond donors (Lipinski definition) is 2. The van der Waals surface area contributed by atoms with Crippen LogP contribution in [0.1, 0.15) is 6.92 Å². The highest BCUT2D eigenvalue weighted by atomic mass is 16.3. The zero-order chi connectivity index (χ0) is 9.84. The van der Waals surface area contributed by atoms with E-state index < -0.39 is 6.03 Å². The maximum Gasteiger partial charge on any atom is 0.319 e. The first-order valence-electron chi connectivity index (χ1n) is 4.01. The van der Waals surface area contributed by atoms with Crippen LogP contribution in [-0.2, 0) is 0 Å². The van der Waals surface area contributed by atoms with E-state index in [1.807, 2.05) is 0 Å². The predicted molar refractivity (Wildman–Crippen MR) is 50.7 cm³/mol. The molecule has 0 bridgehead atoms. The third-order valence-electron chi connectivity index (χ3n) is 1.75. The van der Waals surface area contributed by atoms with E-state index in [0.29, 0.717) is 12.2 Å². The smallest absolute Gasteiger partial charge is 0.319 e. The summed E-state index contributed by atoms with van der Waals surface area (Å²) in [6.07, 6.45) is 0. The van der Waals surface area contributed by atoms with Crippen LogP contribution in [0, 0.1) is 0 Å². The Morgan fingerprint density at radius 2 is 2.15 bits per heavy atom. The summed E-state index contributed by atoms with van der Waals surface area (Å²) >= 11 is 0. The van der Waals surface area contributed by atoms with E-state index >= 15 is 0 Å². The Labute approximate surface area is 76.6 Å². The van der Waals surface area contributed by atoms with Crippen molar-refractivity contribution in [2.24, 2.45) is 5.73 Å². The van der Waals surface area contributed by atoms with Gasteiger partial charge in [0.05, 0.1) is 5.69 Å². The van der Waals surface area contributed by atoms with Gasteiger partial charge in [0.25, 0.3) is 0 Å². The number of amides is 2. The lowest BCUT2D eigenvalue weighted by atomic mass is 10.2. The van der Waals surface area contributed by atoms with Gasteiger partial charge in [0, 0.05) is 6.54 Å². The maximum atomic E-state index is 10.9. The van der Waals surface area contributed by atoms with Crippen LogP contribution in [0.3, 0.4) is 0 Å². The van der Waals surface area contributed by atoms with Crippen LogP contribution in [0.5, 0.6) is 5.75 Å². The van der Waals surface area contributed by atoms with Crippen LogP contribution < -0.4 is 10.6 Å². The van der Waals surface area contributed by atoms with Gasteiger partial charge < -0.3 is 10.8 Å². The van der Waals surface area contributed by atoms with Gasteiger partial charge in [-0.15, -0.1) is 0 Å². The minimum Gasteiger partial charge on any atom is -0.506 e. The number of hydrogen-bond acceptors (Lipinski definition) is 2. The van der Waals surface area contributed by atoms with E-state index in [1.165, 1.54) is 11.0 Å². The molecule has 70 valence electrons. The molecule has 0 saturated heterocycles. The Hall–Kier alpha value is -1.71. The molecule has 0 aliphatic heterocycles. The van der Waals surface area contributed by atoms with Crippen molar-refractivity contribution < 1.29 is 9.90 Å². The first-order valence-corrected chi connectivity index (χ1v) is 4.01. The van der Waals surface area contributed by atoms with Crippen molar-refractivity contribution in [3.8, 4) is 5.75 Å². The molecule has 0 aliphatic rings. The normalized spacial score (nSPS) is 9.62. The van der Waals surface area contributed by atoms with Crippen molar-refractivity contribution in [2.75, 3.05) is 11.4 Å². The minimum atomic E-state index is -0.566. The SMILES string of the molecule is CCN(C(N)=O)c1ccccc1O. The molecular formula is C9H12N2O2. The van der Waals surface area contributed by atoms with Gasteiger partial charge in [-0.1, -0.05) is 12.1 Å². The highest BCUT2D eigenvalue weighted by Gasteiger charge is 2.12. The number of rotatable bonds is 2. The van der Waals surface area contributed by atoms with Crippen LogP contribution in [0.2, 0.25) is 0 Å². The van der Waals surface area contributed by atoms with Gasteiger partial charge in [-0.05, 0) is 19.1 Å². The van der Waals surface area contributed by atoms with E-state index in [-0.39, 0.29) is 5.75 Å². The molecule has 2 amide bonds. The van der Waals surface area contributed by atoms with Gasteiger partial charge in [0.1, 0.15) is 5.75 Å². The summed E-state index contributed by atoms with van der Waals surface area (Å²) in [5.74, 6) is 0.0585. The van der Waals surface area contributed by atoms with E-state index in [1.54, 1.807) is 25.1 Å². The molecule has 0 fully saturated rings. The van der Waals surface area contributed by atoms with Crippen molar-refractivity contribution in [2.45, 2.75) is 6.92 Å². The van der Waals surface area contributed by atoms with Crippen LogP contribution in [0.15, 0.2) is 24.3 Å². The van der Waals surface area contributed by atoms with Crippen molar-refractivity contribution in [1.29, 1.82) is 0 Å². The average Bonchev–Trinajstić information content (AvgIpc) is 2.09. The quantitative estimate of drug-likeness (QED) is 0.720. The third kappa shape index (κ3) is 1.90. The lowest BCUT2D eigenvalue weighted by molar-refractivity contribution is 0.254. The number of urea groups is 1. The molecule has 0 unspecified atom stereocenters. The van der Waals surface area contributed by atoms with Crippen LogP contribution in [-0.4, -0.2) is 17.7 Å². The fourth-order valence-corrected chi connectivity index (χ4v) is 1.14. The second-order valence-electron chi connectivity index (χ2n) is 2.57. The molecule has 1 aromatic rings. The number of phenols is 1. The summed E-state index contributed by atoms with van der Waals surface area (Å²) in [7, 11) is 0. The topological polar surface area (TPSA) is 66.6 Å². The van der Waals surface area contributed by atoms with Gasteiger partial charge in [-0.3, -0.25) is 4.90 Å². The first kappa shape index (κ1) is 9.38. The largest absolute Gasteiger partial charge is 0.506 e. The number of para-hydroxylation sites is 2. The number of aromatic hydroxyl groups is 1. The molecular weight excluding hydrogens is 168 g/mol. The number of carbonyl (C=O) groups excluding carboxylic acids is 1. The number of phenolic OH excluding ortho intramolecular Hbond substituents is 1. The molecule has 0 aromatic heterocycles. The molecule has 0 atom stereocenters. The van der Waals surface area contributed by atoms with Gasteiger partial charge in [-0.25, -0.2) is 4.79 Å². The highest BCUT2D eigenvalue weighted by molar-refractivity contribution is 5.92. The zero-order valence-corrected chi connectivity index (χ0v) is 7.40. The summed E-state index contributed by atoms with van der Waals surface area (Å²) in [4.78, 5) is 12.2. The Bertz CT molecular complexity index is 312. The Kier molecular flexibility index (Phi) is 2.74. The lowest BCUT2D eigenvalue weighted by Crippen LogP contribution is -2.35. The van der Waals surface area contributed by atoms with E-state index in [0.717, 1.165) is 0 Å². The Morgan fingerprint density at radius 3 is 2.62 bits per heavy atom. The van der Waals surface area contributed by atoms with Gasteiger partial charge in [0.2, 0.25) is 0 Å². The van der Waals surface area contributed by atoms with E-state index in [9.17, 15) is 9.90 Å². The van der Waals surface area contributed by atoms with Crippen molar-refractivity contribution in [3.63, 3.8) is 0 Å². The summed E-state index contributed by atoms with van der Waals surface area (Å²) in [6.45, 7) is 2.23. The van der Waals surface area contributed by atoms with Gasteiger partial charge >= 0.3 is 6.03 Å². The van der Waals surface area contributed by atoms with Gasteiger partial charge in [0.15, 0.2) is 0 Å². The molecule has 4 nitrogen and oxygen atoms in total. The molecule has 13 heavy (non-hydrogen) atoms. The number of nitrogens with two attached hydrogens (primary N) is 1. The van der Waals surface area contributed by atoms with Crippen LogP contribution in [0.4, 0.5) is 10.5 Å². The summed E-state index contributed by atoms with van der Waals surface area (Å²) in [5, 5.41) is 9.41. The fraction of sp³-hybridized carbons (Fsp3) is 0.222. The summed E-state index contributed by atoms with van der Waals surface area (Å²) < 4.78 is 0. The maximum absolute atomic E-state index is 10.9. The summed E-state index contributed by atoms with van der Waals surface area (Å²) in [6, 6.07) is 6.02. The zero-order valence-electron chi connectivity index (χ0n) is 7.40. The molecule has 1 rings (SSSR count). The number of primary amides is 1. The minimum absolute atomic E-state index is 0.0585. The number of benzene rings is 1. The molecule has 0 heterocycles. The first-order chi connectivity index (χ1) is 6.16. The van der Waals surface area contributed by atoms with Crippen LogP contribution in [0.25, 0.3) is 0 Å². The van der Waals surface area contributed by atoms with Gasteiger partial charge in [-0.2, -0.15) is 0 Å². The summed E-state index contributed by atoms with van der Waals surface area (Å²) in [5.41, 5.74) is 5.57. The standard InChI is InChI=1S/C9H12N2O2/c1-2-11(9(10)13)7-5-3-4-6-8(7)12/h3-6,12H,2H2,1H3,(H2,10,13). The number of nitrogens with zero attached hydrogens (tertiary/aromatic N) is 1. The van der Waals surface area contributed by atoms with E-state index in [2.05, 4.69) is 0 Å². The van der Waals surface area contributed by atoms with Crippen LogP contribution >= 0.6 is 0 Å². The van der Waals surface area contributed by atoms with E-state index in [4.69, 9.17) is 5.73 Å². The van der Waals surface area contributed by atoms with Crippen molar-refractivity contribution in [1.82, 2.24) is 0 Å². The molecule has 0 radical (unpaired) electrons. The third-order valence-corrected chi connectivity index (χ3v) is 1.75. The molecule has 0 aliphatic carbocycles. The Balaban J connectivity index is 3.04. The monoisotopic (exact) mass is 180 g/mol. The molecule has 0 saturated carbocycles. The molecule has 1 aromatic carbocycles. The average molecular weight is 180 g/mol. The second-order valence-corrected chi connectivity index (χ2v) is 2.57. The number of carbonyl (C=O) groups is 1. The fourth-order valence-electron chi connectivity index (χ4n) is 1.14. The van der Waals surface area contributed by atoms with Crippen molar-refractivity contribution >= 4 is 11.7 Å². The number of anilines is 1. The molecule has 4 heteroatoms. The molecule has 0 spiro atoms. The Morgan fingerprint density at radius 1 is 1.54 bits per heavy atom. The highest BCUT2D eigenvalue weighted by Crippen LogP contribution is 2.25. The lowest BCUT2D eigenvalue weighted by Gasteiger charge is -2.18. The second kappa shape index (κ2) is 3.80.